The predicted octanol–water partition coefficient (Wildman–Crippen LogP) is 3.65. The lowest BCUT2D eigenvalue weighted by atomic mass is 9.99. The molecular weight excluding hydrogens is 512 g/mol. The monoisotopic (exact) mass is 558 g/mol. The van der Waals surface area contributed by atoms with Gasteiger partial charge in [-0.15, -0.1) is 0 Å². The topological polar surface area (TPSA) is 101 Å². The van der Waals surface area contributed by atoms with Crippen molar-refractivity contribution >= 4 is 23.4 Å². The third-order valence-electron chi connectivity index (χ3n) is 6.89. The number of aryl methyl sites for hydroxylation is 2. The Morgan fingerprint density at radius 3 is 2.17 bits per heavy atom. The van der Waals surface area contributed by atoms with E-state index in [0.29, 0.717) is 51.5 Å². The van der Waals surface area contributed by atoms with Crippen LogP contribution in [0.25, 0.3) is 11.1 Å². The Labute approximate surface area is 238 Å². The number of amides is 2. The van der Waals surface area contributed by atoms with Crippen LogP contribution in [0, 0.1) is 6.92 Å². The molecule has 2 heterocycles. The quantitative estimate of drug-likeness (QED) is 0.421. The van der Waals surface area contributed by atoms with E-state index in [1.54, 1.807) is 23.8 Å². The van der Waals surface area contributed by atoms with Gasteiger partial charge in [0.1, 0.15) is 11.8 Å². The van der Waals surface area contributed by atoms with E-state index in [9.17, 15) is 9.59 Å². The van der Waals surface area contributed by atoms with Crippen LogP contribution in [0.15, 0.2) is 18.3 Å². The molecule has 1 aliphatic heterocycles. The number of hydrogen-bond donors (Lipinski definition) is 1. The molecule has 0 aliphatic carbocycles. The summed E-state index contributed by atoms with van der Waals surface area (Å²) in [4.78, 5) is 33.0. The Hall–Kier alpha value is -3.31. The molecule has 0 fully saturated rings. The number of fused-ring (bicyclic) bond motifs is 1. The Morgan fingerprint density at radius 2 is 1.68 bits per heavy atom. The highest BCUT2D eigenvalue weighted by atomic mass is 16.6. The first-order valence-electron chi connectivity index (χ1n) is 13.9. The van der Waals surface area contributed by atoms with Crippen LogP contribution in [0.4, 0.5) is 16.2 Å². The van der Waals surface area contributed by atoms with E-state index >= 15 is 0 Å². The number of alkyl carbamates (subject to hydrolysis) is 1. The number of nitrogens with zero attached hydrogens (tertiary/aromatic N) is 5. The van der Waals surface area contributed by atoms with E-state index < -0.39 is 11.7 Å². The molecule has 1 aromatic heterocycles. The van der Waals surface area contributed by atoms with Crippen LogP contribution in [0.1, 0.15) is 50.7 Å². The van der Waals surface area contributed by atoms with Gasteiger partial charge in [-0.05, 0) is 59.2 Å². The van der Waals surface area contributed by atoms with E-state index in [2.05, 4.69) is 40.1 Å². The Morgan fingerprint density at radius 1 is 1.05 bits per heavy atom. The zero-order valence-corrected chi connectivity index (χ0v) is 25.5. The first-order chi connectivity index (χ1) is 18.9. The minimum atomic E-state index is -0.596. The molecule has 0 saturated heterocycles. The van der Waals surface area contributed by atoms with Crippen molar-refractivity contribution in [1.29, 1.82) is 0 Å². The van der Waals surface area contributed by atoms with E-state index in [0.717, 1.165) is 28.2 Å². The van der Waals surface area contributed by atoms with Gasteiger partial charge < -0.3 is 34.2 Å². The van der Waals surface area contributed by atoms with Gasteiger partial charge in [0, 0.05) is 59.2 Å². The number of methoxy groups -OCH3 is 2. The lowest BCUT2D eigenvalue weighted by Crippen LogP contribution is -2.51. The lowest BCUT2D eigenvalue weighted by molar-refractivity contribution is 0.0523. The minimum Gasteiger partial charge on any atom is -0.444 e. The Kier molecular flexibility index (Phi) is 10.4. The number of anilines is 2. The maximum atomic E-state index is 14.2. The summed E-state index contributed by atoms with van der Waals surface area (Å²) in [7, 11) is 5.15. The van der Waals surface area contributed by atoms with Crippen molar-refractivity contribution in [2.75, 3.05) is 70.0 Å². The number of rotatable bonds is 12. The van der Waals surface area contributed by atoms with Crippen LogP contribution in [-0.2, 0) is 21.3 Å². The lowest BCUT2D eigenvalue weighted by Gasteiger charge is -2.32. The molecule has 0 bridgehead atoms. The predicted molar refractivity (Wildman–Crippen MR) is 157 cm³/mol. The van der Waals surface area contributed by atoms with Crippen LogP contribution >= 0.6 is 0 Å². The smallest absolute Gasteiger partial charge is 0.407 e. The van der Waals surface area contributed by atoms with E-state index in [-0.39, 0.29) is 12.1 Å². The van der Waals surface area contributed by atoms with Gasteiger partial charge in [-0.25, -0.2) is 4.79 Å². The summed E-state index contributed by atoms with van der Waals surface area (Å²) in [5.41, 5.74) is 4.58. The molecule has 222 valence electrons. The SMILES string of the molecule is CCN1c2cc(-c3cn(C)nc3C)cc(C(=O)N(CCOC)CCOC)c2N(CC)C1CNC(=O)OC(C)(C)C. The minimum absolute atomic E-state index is 0.0935. The largest absolute Gasteiger partial charge is 0.444 e. The van der Waals surface area contributed by atoms with E-state index in [4.69, 9.17) is 14.2 Å². The van der Waals surface area contributed by atoms with Gasteiger partial charge in [0.2, 0.25) is 0 Å². The zero-order chi connectivity index (χ0) is 29.6. The van der Waals surface area contributed by atoms with Crippen molar-refractivity contribution in [3.05, 3.63) is 29.6 Å². The first-order valence-corrected chi connectivity index (χ1v) is 13.9. The van der Waals surface area contributed by atoms with E-state index in [1.807, 2.05) is 47.0 Å². The molecular formula is C29H46N6O5. The fourth-order valence-corrected chi connectivity index (χ4v) is 5.17. The zero-order valence-electron chi connectivity index (χ0n) is 25.5. The molecule has 1 unspecified atom stereocenters. The average Bonchev–Trinajstić information content (AvgIpc) is 3.40. The summed E-state index contributed by atoms with van der Waals surface area (Å²) in [6.07, 6.45) is 1.31. The molecule has 40 heavy (non-hydrogen) atoms. The molecule has 1 aromatic carbocycles. The van der Waals surface area contributed by atoms with Crippen molar-refractivity contribution in [3.8, 4) is 11.1 Å². The first kappa shape index (κ1) is 31.2. The van der Waals surface area contributed by atoms with Gasteiger partial charge >= 0.3 is 6.09 Å². The Bertz CT molecular complexity index is 1170. The van der Waals surface area contributed by atoms with Crippen LogP contribution < -0.4 is 15.1 Å². The van der Waals surface area contributed by atoms with Crippen molar-refractivity contribution in [3.63, 3.8) is 0 Å². The maximum Gasteiger partial charge on any atom is 0.407 e. The fourth-order valence-electron chi connectivity index (χ4n) is 5.17. The van der Waals surface area contributed by atoms with E-state index in [1.165, 1.54) is 0 Å². The number of aromatic nitrogens is 2. The van der Waals surface area contributed by atoms with Gasteiger partial charge in [-0.3, -0.25) is 9.48 Å². The van der Waals surface area contributed by atoms with Crippen LogP contribution in [0.3, 0.4) is 0 Å². The van der Waals surface area contributed by atoms with Gasteiger partial charge in [-0.1, -0.05) is 0 Å². The van der Waals surface area contributed by atoms with Gasteiger partial charge in [0.15, 0.2) is 0 Å². The highest BCUT2D eigenvalue weighted by Gasteiger charge is 2.39. The van der Waals surface area contributed by atoms with Crippen LogP contribution in [0.2, 0.25) is 0 Å². The summed E-state index contributed by atoms with van der Waals surface area (Å²) in [6, 6.07) is 4.10. The second-order valence-corrected chi connectivity index (χ2v) is 10.9. The second kappa shape index (κ2) is 13.4. The third kappa shape index (κ3) is 7.06. The summed E-state index contributed by atoms with van der Waals surface area (Å²) >= 11 is 0. The molecule has 0 radical (unpaired) electrons. The molecule has 11 heteroatoms. The van der Waals surface area contributed by atoms with Crippen LogP contribution in [-0.4, -0.2) is 98.6 Å². The summed E-state index contributed by atoms with van der Waals surface area (Å²) in [5, 5.41) is 7.48. The molecule has 2 amide bonds. The maximum absolute atomic E-state index is 14.2. The molecule has 3 rings (SSSR count). The van der Waals surface area contributed by atoms with Crippen molar-refractivity contribution < 1.29 is 23.8 Å². The molecule has 1 aliphatic rings. The number of carbonyl (C=O) groups is 2. The second-order valence-electron chi connectivity index (χ2n) is 10.9. The molecule has 2 aromatic rings. The summed E-state index contributed by atoms with van der Waals surface area (Å²) in [5.74, 6) is -0.0935. The highest BCUT2D eigenvalue weighted by Crippen LogP contribution is 2.45. The third-order valence-corrected chi connectivity index (χ3v) is 6.89. The van der Waals surface area contributed by atoms with Crippen molar-refractivity contribution in [1.82, 2.24) is 20.0 Å². The summed E-state index contributed by atoms with van der Waals surface area (Å²) in [6.45, 7) is 15.0. The molecule has 0 spiro atoms. The van der Waals surface area contributed by atoms with Gasteiger partial charge in [-0.2, -0.15) is 5.10 Å². The summed E-state index contributed by atoms with van der Waals surface area (Å²) < 4.78 is 17.9. The van der Waals surface area contributed by atoms with Crippen molar-refractivity contribution in [2.45, 2.75) is 53.3 Å². The molecule has 0 saturated carbocycles. The highest BCUT2D eigenvalue weighted by molar-refractivity contribution is 6.06. The molecule has 11 nitrogen and oxygen atoms in total. The number of nitrogens with one attached hydrogen (secondary N) is 1. The number of likely N-dealkylation sites (N-methyl/N-ethyl adjacent to an activating group) is 2. The fraction of sp³-hybridized carbons (Fsp3) is 0.621. The van der Waals surface area contributed by atoms with Gasteiger partial charge in [0.05, 0.1) is 42.4 Å². The van der Waals surface area contributed by atoms with Crippen molar-refractivity contribution in [2.24, 2.45) is 7.05 Å². The average molecular weight is 559 g/mol. The van der Waals surface area contributed by atoms with Gasteiger partial charge in [0.25, 0.3) is 5.91 Å². The molecule has 1 N–H and O–H groups in total. The number of ether oxygens (including phenoxy) is 3. The number of carbonyl (C=O) groups excluding carboxylic acids is 2. The normalized spacial score (nSPS) is 14.9. The van der Waals surface area contributed by atoms with Crippen LogP contribution in [0.5, 0.6) is 0 Å². The Balaban J connectivity index is 2.12. The molecule has 1 atom stereocenters. The number of benzene rings is 1. The number of hydrogen-bond acceptors (Lipinski definition) is 8. The standard InChI is InChI=1S/C29H46N6O5/c1-10-34-24-17-21(23-19-32(7)31-20(23)3)16-22(27(36)33(12-14-38-8)13-15-39-9)26(24)35(11-2)25(34)18-30-28(37)40-29(4,5)6/h16-17,19,25H,10-15,18H2,1-9H3,(H,30,37).